The summed E-state index contributed by atoms with van der Waals surface area (Å²) in [4.78, 5) is 6.85. The summed E-state index contributed by atoms with van der Waals surface area (Å²) >= 11 is 0. The van der Waals surface area contributed by atoms with Crippen LogP contribution in [0.25, 0.3) is 0 Å². The van der Waals surface area contributed by atoms with Crippen LogP contribution < -0.4 is 10.6 Å². The van der Waals surface area contributed by atoms with Crippen molar-refractivity contribution in [2.75, 3.05) is 46.4 Å². The van der Waals surface area contributed by atoms with Gasteiger partial charge in [-0.05, 0) is 51.1 Å². The van der Waals surface area contributed by atoms with Crippen LogP contribution >= 0.6 is 24.0 Å². The minimum atomic E-state index is 0. The average Bonchev–Trinajstić information content (AvgIpc) is 2.54. The van der Waals surface area contributed by atoms with Crippen LogP contribution in [-0.2, 0) is 4.74 Å². The van der Waals surface area contributed by atoms with E-state index in [4.69, 9.17) is 4.74 Å². The molecule has 1 atom stereocenters. The van der Waals surface area contributed by atoms with Crippen molar-refractivity contribution < 1.29 is 4.74 Å². The Morgan fingerprint density at radius 1 is 1.21 bits per heavy atom. The van der Waals surface area contributed by atoms with Gasteiger partial charge in [0.15, 0.2) is 5.96 Å². The first kappa shape index (κ1) is 23.9. The van der Waals surface area contributed by atoms with Crippen molar-refractivity contribution in [2.45, 2.75) is 53.1 Å². The molecule has 0 saturated carbocycles. The van der Waals surface area contributed by atoms with E-state index in [2.05, 4.69) is 48.2 Å². The summed E-state index contributed by atoms with van der Waals surface area (Å²) < 4.78 is 5.78. The minimum Gasteiger partial charge on any atom is -0.378 e. The lowest BCUT2D eigenvalue weighted by atomic mass is 9.99. The largest absolute Gasteiger partial charge is 0.378 e. The molecule has 5 nitrogen and oxygen atoms in total. The number of guanidine groups is 1. The summed E-state index contributed by atoms with van der Waals surface area (Å²) in [5.74, 6) is 2.34. The number of hydrogen-bond acceptors (Lipinski definition) is 3. The number of aliphatic imine (C=N–C) groups is 1. The molecule has 0 radical (unpaired) electrons. The molecule has 1 fully saturated rings. The standard InChI is InChI=1S/C18H38N4O.HI/c1-6-23-17(15(2)3)7-10-20-18(19-5)21-11-14-22-12-8-16(4)9-13-22;/h15-17H,6-14H2,1-5H3,(H2,19,20,21);1H. The lowest BCUT2D eigenvalue weighted by Gasteiger charge is -2.30. The Bertz CT molecular complexity index is 331. The third kappa shape index (κ3) is 10.0. The maximum atomic E-state index is 5.78. The highest BCUT2D eigenvalue weighted by Crippen LogP contribution is 2.15. The smallest absolute Gasteiger partial charge is 0.191 e. The van der Waals surface area contributed by atoms with Crippen molar-refractivity contribution in [3.05, 3.63) is 0 Å². The molecule has 1 rings (SSSR count). The van der Waals surface area contributed by atoms with Crippen LogP contribution in [0, 0.1) is 11.8 Å². The molecule has 0 bridgehead atoms. The van der Waals surface area contributed by atoms with Gasteiger partial charge in [-0.3, -0.25) is 4.99 Å². The van der Waals surface area contributed by atoms with Crippen molar-refractivity contribution in [3.8, 4) is 0 Å². The van der Waals surface area contributed by atoms with E-state index in [-0.39, 0.29) is 24.0 Å². The van der Waals surface area contributed by atoms with Gasteiger partial charge in [0.2, 0.25) is 0 Å². The Morgan fingerprint density at radius 2 is 1.83 bits per heavy atom. The molecule has 1 heterocycles. The molecule has 1 aliphatic rings. The van der Waals surface area contributed by atoms with Gasteiger partial charge in [-0.1, -0.05) is 20.8 Å². The Labute approximate surface area is 166 Å². The maximum Gasteiger partial charge on any atom is 0.191 e. The van der Waals surface area contributed by atoms with Crippen LogP contribution in [0.3, 0.4) is 0 Å². The lowest BCUT2D eigenvalue weighted by Crippen LogP contribution is -2.44. The van der Waals surface area contributed by atoms with E-state index < -0.39 is 0 Å². The third-order valence-corrected chi connectivity index (χ3v) is 4.67. The Morgan fingerprint density at radius 3 is 2.38 bits per heavy atom. The van der Waals surface area contributed by atoms with Crippen LogP contribution in [0.5, 0.6) is 0 Å². The number of rotatable bonds is 9. The minimum absolute atomic E-state index is 0. The van der Waals surface area contributed by atoms with Gasteiger partial charge in [0.25, 0.3) is 0 Å². The van der Waals surface area contributed by atoms with E-state index in [1.54, 1.807) is 0 Å². The molecule has 144 valence electrons. The van der Waals surface area contributed by atoms with Gasteiger partial charge in [0.1, 0.15) is 0 Å². The van der Waals surface area contributed by atoms with Gasteiger partial charge in [-0.25, -0.2) is 0 Å². The quantitative estimate of drug-likeness (QED) is 0.320. The van der Waals surface area contributed by atoms with Crippen LogP contribution in [0.2, 0.25) is 0 Å². The van der Waals surface area contributed by atoms with E-state index in [1.807, 2.05) is 7.05 Å². The Balaban J connectivity index is 0.00000529. The number of halogens is 1. The van der Waals surface area contributed by atoms with Crippen LogP contribution in [0.1, 0.15) is 47.0 Å². The van der Waals surface area contributed by atoms with Crippen molar-refractivity contribution in [1.29, 1.82) is 0 Å². The maximum absolute atomic E-state index is 5.78. The number of hydrogen-bond donors (Lipinski definition) is 2. The molecule has 0 amide bonds. The molecule has 1 saturated heterocycles. The highest BCUT2D eigenvalue weighted by atomic mass is 127. The summed E-state index contributed by atoms with van der Waals surface area (Å²) in [5.41, 5.74) is 0. The van der Waals surface area contributed by atoms with E-state index in [1.165, 1.54) is 25.9 Å². The van der Waals surface area contributed by atoms with E-state index >= 15 is 0 Å². The zero-order valence-corrected chi connectivity index (χ0v) is 18.6. The monoisotopic (exact) mass is 454 g/mol. The second-order valence-corrected chi connectivity index (χ2v) is 6.98. The highest BCUT2D eigenvalue weighted by Gasteiger charge is 2.15. The number of nitrogens with one attached hydrogen (secondary N) is 2. The molecule has 1 aliphatic heterocycles. The van der Waals surface area contributed by atoms with Gasteiger partial charge < -0.3 is 20.3 Å². The molecule has 0 aromatic heterocycles. The Hall–Kier alpha value is -0.0800. The van der Waals surface area contributed by atoms with Gasteiger partial charge >= 0.3 is 0 Å². The summed E-state index contributed by atoms with van der Waals surface area (Å²) in [6.07, 6.45) is 4.00. The lowest BCUT2D eigenvalue weighted by molar-refractivity contribution is 0.0258. The molecule has 24 heavy (non-hydrogen) atoms. The number of piperidine rings is 1. The van der Waals surface area contributed by atoms with Gasteiger partial charge in [0, 0.05) is 33.3 Å². The van der Waals surface area contributed by atoms with Gasteiger partial charge in [-0.2, -0.15) is 0 Å². The van der Waals surface area contributed by atoms with Crippen molar-refractivity contribution in [1.82, 2.24) is 15.5 Å². The fourth-order valence-corrected chi connectivity index (χ4v) is 2.99. The predicted molar refractivity (Wildman–Crippen MR) is 114 cm³/mol. The molecular formula is C18H39IN4O. The van der Waals surface area contributed by atoms with E-state index in [9.17, 15) is 0 Å². The first-order valence-corrected chi connectivity index (χ1v) is 9.35. The fourth-order valence-electron chi connectivity index (χ4n) is 2.99. The van der Waals surface area contributed by atoms with Crippen molar-refractivity contribution >= 4 is 29.9 Å². The zero-order chi connectivity index (χ0) is 17.1. The molecule has 0 aromatic rings. The van der Waals surface area contributed by atoms with Crippen LogP contribution in [-0.4, -0.2) is 63.3 Å². The summed E-state index contributed by atoms with van der Waals surface area (Å²) in [7, 11) is 1.83. The number of likely N-dealkylation sites (tertiary alicyclic amines) is 1. The number of ether oxygens (including phenoxy) is 1. The van der Waals surface area contributed by atoms with Gasteiger partial charge in [-0.15, -0.1) is 24.0 Å². The molecule has 0 spiro atoms. The van der Waals surface area contributed by atoms with E-state index in [0.29, 0.717) is 12.0 Å². The normalized spacial score (nSPS) is 18.3. The molecule has 0 aliphatic carbocycles. The highest BCUT2D eigenvalue weighted by molar-refractivity contribution is 14.0. The molecular weight excluding hydrogens is 415 g/mol. The second kappa shape index (κ2) is 14.1. The molecule has 6 heteroatoms. The van der Waals surface area contributed by atoms with Crippen molar-refractivity contribution in [2.24, 2.45) is 16.8 Å². The number of nitrogens with zero attached hydrogens (tertiary/aromatic N) is 2. The SMILES string of the molecule is CCOC(CCNC(=NC)NCCN1CCC(C)CC1)C(C)C.I. The Kier molecular flexibility index (Phi) is 14.1. The summed E-state index contributed by atoms with van der Waals surface area (Å²) in [6.45, 7) is 15.0. The first-order chi connectivity index (χ1) is 11.1. The van der Waals surface area contributed by atoms with E-state index in [0.717, 1.165) is 44.5 Å². The average molecular weight is 454 g/mol. The topological polar surface area (TPSA) is 48.9 Å². The second-order valence-electron chi connectivity index (χ2n) is 6.98. The van der Waals surface area contributed by atoms with Crippen LogP contribution in [0.15, 0.2) is 4.99 Å². The summed E-state index contributed by atoms with van der Waals surface area (Å²) in [5, 5.41) is 6.82. The van der Waals surface area contributed by atoms with Crippen LogP contribution in [0.4, 0.5) is 0 Å². The third-order valence-electron chi connectivity index (χ3n) is 4.67. The van der Waals surface area contributed by atoms with Gasteiger partial charge in [0.05, 0.1) is 6.10 Å². The molecule has 1 unspecified atom stereocenters. The zero-order valence-electron chi connectivity index (χ0n) is 16.3. The first-order valence-electron chi connectivity index (χ1n) is 9.35. The van der Waals surface area contributed by atoms with Crippen molar-refractivity contribution in [3.63, 3.8) is 0 Å². The summed E-state index contributed by atoms with van der Waals surface area (Å²) in [6, 6.07) is 0. The molecule has 2 N–H and O–H groups in total. The molecule has 0 aromatic carbocycles. The fraction of sp³-hybridized carbons (Fsp3) is 0.944. The predicted octanol–water partition coefficient (Wildman–Crippen LogP) is 2.95.